The number of primary sulfonamides is 1. The van der Waals surface area contributed by atoms with Crippen molar-refractivity contribution in [3.8, 4) is 0 Å². The molecule has 0 spiro atoms. The van der Waals surface area contributed by atoms with Crippen LogP contribution in [0.2, 0.25) is 0 Å². The SMILES string of the molecule is NS(=O)(=O)c1ccc(NCCNc2cc(F)cc(F)c2)cc1. The van der Waals surface area contributed by atoms with Crippen LogP contribution in [-0.4, -0.2) is 21.5 Å². The summed E-state index contributed by atoms with van der Waals surface area (Å²) in [5.41, 5.74) is 1.06. The summed E-state index contributed by atoms with van der Waals surface area (Å²) in [6.07, 6.45) is 0. The van der Waals surface area contributed by atoms with Crippen molar-refractivity contribution in [3.05, 3.63) is 54.1 Å². The highest BCUT2D eigenvalue weighted by Crippen LogP contribution is 2.14. The van der Waals surface area contributed by atoms with Crippen LogP contribution in [-0.2, 0) is 10.0 Å². The highest BCUT2D eigenvalue weighted by Gasteiger charge is 2.06. The fourth-order valence-corrected chi connectivity index (χ4v) is 2.35. The van der Waals surface area contributed by atoms with Crippen LogP contribution in [0.15, 0.2) is 47.4 Å². The van der Waals surface area contributed by atoms with Crippen LogP contribution in [0.4, 0.5) is 20.2 Å². The minimum absolute atomic E-state index is 0.0337. The van der Waals surface area contributed by atoms with Gasteiger partial charge in [0.05, 0.1) is 4.90 Å². The molecule has 8 heteroatoms. The number of halogens is 2. The molecule has 0 aromatic heterocycles. The van der Waals surface area contributed by atoms with Crippen LogP contribution in [0.1, 0.15) is 0 Å². The second-order valence-corrected chi connectivity index (χ2v) is 6.14. The predicted octanol–water partition coefficient (Wildman–Crippen LogP) is 2.14. The Balaban J connectivity index is 1.84. The largest absolute Gasteiger partial charge is 0.383 e. The molecule has 0 aliphatic rings. The Morgan fingerprint density at radius 3 is 1.86 bits per heavy atom. The van der Waals surface area contributed by atoms with Gasteiger partial charge in [-0.3, -0.25) is 0 Å². The summed E-state index contributed by atoms with van der Waals surface area (Å²) in [4.78, 5) is 0.0337. The van der Waals surface area contributed by atoms with E-state index in [1.165, 1.54) is 24.3 Å². The van der Waals surface area contributed by atoms with Gasteiger partial charge < -0.3 is 10.6 Å². The minimum atomic E-state index is -3.70. The minimum Gasteiger partial charge on any atom is -0.383 e. The van der Waals surface area contributed by atoms with Gasteiger partial charge in [-0.05, 0) is 36.4 Å². The van der Waals surface area contributed by atoms with Crippen molar-refractivity contribution < 1.29 is 17.2 Å². The second kappa shape index (κ2) is 6.71. The molecule has 0 atom stereocenters. The Kier molecular flexibility index (Phi) is 4.94. The zero-order chi connectivity index (χ0) is 16.2. The summed E-state index contributed by atoms with van der Waals surface area (Å²) in [6, 6.07) is 9.16. The number of rotatable bonds is 6. The van der Waals surface area contributed by atoms with Gasteiger partial charge in [-0.25, -0.2) is 22.3 Å². The second-order valence-electron chi connectivity index (χ2n) is 4.58. The van der Waals surface area contributed by atoms with E-state index in [1.807, 2.05) is 0 Å². The van der Waals surface area contributed by atoms with Gasteiger partial charge in [-0.15, -0.1) is 0 Å². The fraction of sp³-hybridized carbons (Fsp3) is 0.143. The van der Waals surface area contributed by atoms with Gasteiger partial charge in [-0.2, -0.15) is 0 Å². The Hall–Kier alpha value is -2.19. The highest BCUT2D eigenvalue weighted by molar-refractivity contribution is 7.89. The molecule has 0 bridgehead atoms. The van der Waals surface area contributed by atoms with E-state index in [9.17, 15) is 17.2 Å². The number of nitrogens with two attached hydrogens (primary N) is 1. The lowest BCUT2D eigenvalue weighted by Crippen LogP contribution is -2.14. The zero-order valence-corrected chi connectivity index (χ0v) is 12.3. The molecule has 2 aromatic carbocycles. The van der Waals surface area contributed by atoms with Crippen molar-refractivity contribution in [1.29, 1.82) is 0 Å². The summed E-state index contributed by atoms with van der Waals surface area (Å²) in [6.45, 7) is 0.909. The van der Waals surface area contributed by atoms with Gasteiger partial charge in [0.25, 0.3) is 0 Å². The molecule has 0 saturated heterocycles. The first kappa shape index (κ1) is 16.2. The topological polar surface area (TPSA) is 84.2 Å². The third-order valence-electron chi connectivity index (χ3n) is 2.83. The van der Waals surface area contributed by atoms with E-state index in [0.717, 1.165) is 6.07 Å². The van der Waals surface area contributed by atoms with Crippen LogP contribution in [0.25, 0.3) is 0 Å². The molecule has 0 aliphatic carbocycles. The summed E-state index contributed by atoms with van der Waals surface area (Å²) in [7, 11) is -3.70. The molecule has 0 fully saturated rings. The molecule has 118 valence electrons. The van der Waals surface area contributed by atoms with E-state index in [-0.39, 0.29) is 4.90 Å². The van der Waals surface area contributed by atoms with Crippen molar-refractivity contribution in [1.82, 2.24) is 0 Å². The molecular weight excluding hydrogens is 312 g/mol. The lowest BCUT2D eigenvalue weighted by molar-refractivity contribution is 0.584. The first-order valence-corrected chi connectivity index (χ1v) is 7.96. The Morgan fingerprint density at radius 2 is 1.36 bits per heavy atom. The van der Waals surface area contributed by atoms with E-state index in [4.69, 9.17) is 5.14 Å². The quantitative estimate of drug-likeness (QED) is 0.710. The molecule has 0 aliphatic heterocycles. The van der Waals surface area contributed by atoms with Crippen LogP contribution >= 0.6 is 0 Å². The van der Waals surface area contributed by atoms with Crippen molar-refractivity contribution in [2.24, 2.45) is 5.14 Å². The highest BCUT2D eigenvalue weighted by atomic mass is 32.2. The molecule has 0 radical (unpaired) electrons. The maximum atomic E-state index is 13.0. The van der Waals surface area contributed by atoms with E-state index in [0.29, 0.717) is 24.5 Å². The van der Waals surface area contributed by atoms with E-state index < -0.39 is 21.7 Å². The van der Waals surface area contributed by atoms with Gasteiger partial charge in [0, 0.05) is 30.5 Å². The summed E-state index contributed by atoms with van der Waals surface area (Å²) >= 11 is 0. The lowest BCUT2D eigenvalue weighted by Gasteiger charge is -2.09. The molecule has 0 unspecified atom stereocenters. The Labute approximate surface area is 127 Å². The van der Waals surface area contributed by atoms with Gasteiger partial charge >= 0.3 is 0 Å². The van der Waals surface area contributed by atoms with E-state index >= 15 is 0 Å². The maximum absolute atomic E-state index is 13.0. The normalized spacial score (nSPS) is 11.2. The van der Waals surface area contributed by atoms with E-state index in [2.05, 4.69) is 10.6 Å². The summed E-state index contributed by atoms with van der Waals surface area (Å²) in [5, 5.41) is 10.9. The molecule has 4 N–H and O–H groups in total. The molecule has 0 saturated carbocycles. The molecule has 2 aromatic rings. The van der Waals surface area contributed by atoms with Gasteiger partial charge in [-0.1, -0.05) is 0 Å². The predicted molar refractivity (Wildman–Crippen MR) is 81.2 cm³/mol. The zero-order valence-electron chi connectivity index (χ0n) is 11.5. The average molecular weight is 327 g/mol. The summed E-state index contributed by atoms with van der Waals surface area (Å²) in [5.74, 6) is -1.29. The molecule has 0 amide bonds. The maximum Gasteiger partial charge on any atom is 0.238 e. The van der Waals surface area contributed by atoms with E-state index in [1.54, 1.807) is 12.1 Å². The fourth-order valence-electron chi connectivity index (χ4n) is 1.83. The van der Waals surface area contributed by atoms with Crippen LogP contribution in [0.5, 0.6) is 0 Å². The van der Waals surface area contributed by atoms with Crippen LogP contribution in [0.3, 0.4) is 0 Å². The number of anilines is 2. The first-order valence-electron chi connectivity index (χ1n) is 6.41. The standard InChI is InChI=1S/C14H15F2N3O2S/c15-10-7-11(16)9-13(8-10)19-6-5-18-12-1-3-14(4-2-12)22(17,20)21/h1-4,7-9,18-19H,5-6H2,(H2,17,20,21). The lowest BCUT2D eigenvalue weighted by atomic mass is 10.3. The number of sulfonamides is 1. The van der Waals surface area contributed by atoms with Crippen molar-refractivity contribution in [3.63, 3.8) is 0 Å². The van der Waals surface area contributed by atoms with Gasteiger partial charge in [0.15, 0.2) is 0 Å². The average Bonchev–Trinajstić information content (AvgIpc) is 2.42. The summed E-state index contributed by atoms with van der Waals surface area (Å²) < 4.78 is 48.2. The van der Waals surface area contributed by atoms with Gasteiger partial charge in [0.1, 0.15) is 11.6 Å². The Bertz CT molecular complexity index is 729. The first-order chi connectivity index (χ1) is 10.3. The monoisotopic (exact) mass is 327 g/mol. The molecule has 22 heavy (non-hydrogen) atoms. The van der Waals surface area contributed by atoms with Crippen LogP contribution in [0, 0.1) is 11.6 Å². The third kappa shape index (κ3) is 4.68. The number of nitrogens with one attached hydrogen (secondary N) is 2. The number of benzene rings is 2. The molecule has 0 heterocycles. The van der Waals surface area contributed by atoms with Crippen molar-refractivity contribution >= 4 is 21.4 Å². The third-order valence-corrected chi connectivity index (χ3v) is 3.76. The number of hydrogen-bond acceptors (Lipinski definition) is 4. The molecular formula is C14H15F2N3O2S. The van der Waals surface area contributed by atoms with Crippen molar-refractivity contribution in [2.45, 2.75) is 4.90 Å². The number of hydrogen-bond donors (Lipinski definition) is 3. The van der Waals surface area contributed by atoms with Crippen LogP contribution < -0.4 is 15.8 Å². The van der Waals surface area contributed by atoms with Crippen molar-refractivity contribution in [2.75, 3.05) is 23.7 Å². The molecule has 2 rings (SSSR count). The van der Waals surface area contributed by atoms with Gasteiger partial charge in [0.2, 0.25) is 10.0 Å². The smallest absolute Gasteiger partial charge is 0.238 e. The molecule has 5 nitrogen and oxygen atoms in total. The Morgan fingerprint density at radius 1 is 0.864 bits per heavy atom.